The Bertz CT molecular complexity index is 523. The Morgan fingerprint density at radius 1 is 1.25 bits per heavy atom. The van der Waals surface area contributed by atoms with Crippen LogP contribution < -0.4 is 5.32 Å². The van der Waals surface area contributed by atoms with E-state index in [2.05, 4.69) is 56.1 Å². The second kappa shape index (κ2) is 17.0. The zero-order valence-electron chi connectivity index (χ0n) is 15.8. The molecule has 0 saturated heterocycles. The van der Waals surface area contributed by atoms with Crippen LogP contribution >= 0.6 is 0 Å². The maximum Gasteiger partial charge on any atom is 0.148 e. The van der Waals surface area contributed by atoms with E-state index in [0.29, 0.717) is 6.61 Å². The molecular weight excluding hydrogens is 294 g/mol. The fourth-order valence-electron chi connectivity index (χ4n) is 1.86. The lowest BCUT2D eigenvalue weighted by molar-refractivity contribution is 0.241. The molecule has 1 aromatic carbocycles. The van der Waals surface area contributed by atoms with E-state index in [1.54, 1.807) is 0 Å². The average molecular weight is 328 g/mol. The number of hydrogen-bond acceptors (Lipinski definition) is 2. The van der Waals surface area contributed by atoms with Gasteiger partial charge < -0.3 is 10.1 Å². The van der Waals surface area contributed by atoms with Crippen LogP contribution in [0.2, 0.25) is 0 Å². The van der Waals surface area contributed by atoms with Crippen molar-refractivity contribution in [2.45, 2.75) is 47.0 Å². The van der Waals surface area contributed by atoms with Gasteiger partial charge in [0.15, 0.2) is 0 Å². The van der Waals surface area contributed by atoms with Gasteiger partial charge in [0.2, 0.25) is 0 Å². The SMILES string of the molecule is C#CCOC(=C)CCC/C(=C\C)Nc1ccccc1C.C=C.CC. The van der Waals surface area contributed by atoms with Gasteiger partial charge in [-0.15, -0.1) is 19.6 Å². The van der Waals surface area contributed by atoms with E-state index in [4.69, 9.17) is 11.2 Å². The second-order valence-corrected chi connectivity index (χ2v) is 4.64. The molecule has 0 saturated carbocycles. The molecule has 2 nitrogen and oxygen atoms in total. The molecule has 0 heterocycles. The van der Waals surface area contributed by atoms with Crippen molar-refractivity contribution in [3.05, 3.63) is 67.1 Å². The first-order valence-corrected chi connectivity index (χ1v) is 8.39. The van der Waals surface area contributed by atoms with E-state index < -0.39 is 0 Å². The number of rotatable bonds is 8. The van der Waals surface area contributed by atoms with Crippen LogP contribution in [-0.2, 0) is 4.74 Å². The van der Waals surface area contributed by atoms with Crippen LogP contribution in [0.5, 0.6) is 0 Å². The lowest BCUT2D eigenvalue weighted by Crippen LogP contribution is -2.01. The Balaban J connectivity index is 0. The third-order valence-corrected chi connectivity index (χ3v) is 3.05. The van der Waals surface area contributed by atoms with Gasteiger partial charge in [0.1, 0.15) is 6.61 Å². The molecule has 132 valence electrons. The molecule has 24 heavy (non-hydrogen) atoms. The van der Waals surface area contributed by atoms with Crippen molar-refractivity contribution < 1.29 is 4.74 Å². The molecule has 0 aliphatic carbocycles. The van der Waals surface area contributed by atoms with Crippen molar-refractivity contribution >= 4 is 5.69 Å². The van der Waals surface area contributed by atoms with Crippen LogP contribution in [0.15, 0.2) is 61.5 Å². The highest BCUT2D eigenvalue weighted by atomic mass is 16.5. The minimum absolute atomic E-state index is 0.302. The van der Waals surface area contributed by atoms with Crippen LogP contribution in [-0.4, -0.2) is 6.61 Å². The van der Waals surface area contributed by atoms with Gasteiger partial charge >= 0.3 is 0 Å². The highest BCUT2D eigenvalue weighted by Gasteiger charge is 2.01. The second-order valence-electron chi connectivity index (χ2n) is 4.64. The first-order chi connectivity index (χ1) is 11.7. The van der Waals surface area contributed by atoms with E-state index in [-0.39, 0.29) is 0 Å². The Morgan fingerprint density at radius 2 is 1.88 bits per heavy atom. The monoisotopic (exact) mass is 327 g/mol. The van der Waals surface area contributed by atoms with Crippen molar-refractivity contribution in [3.8, 4) is 12.3 Å². The molecule has 0 radical (unpaired) electrons. The standard InChI is InChI=1S/C18H23NO.C2H6.C2H4/c1-5-14-20-16(4)11-9-12-17(6-2)19-18-13-8-7-10-15(18)3;2*1-2/h1,6-8,10,13,19H,4,9,11-12,14H2,2-3H3;1-2H3;1-2H2/b17-6+;;. The van der Waals surface area contributed by atoms with Crippen molar-refractivity contribution in [1.82, 2.24) is 0 Å². The van der Waals surface area contributed by atoms with Crippen LogP contribution in [0.1, 0.15) is 45.6 Å². The summed E-state index contributed by atoms with van der Waals surface area (Å²) in [6.07, 6.45) is 10.0. The number of para-hydroxylation sites is 1. The molecule has 0 amide bonds. The summed E-state index contributed by atoms with van der Waals surface area (Å²) in [5.74, 6) is 3.20. The van der Waals surface area contributed by atoms with Crippen molar-refractivity contribution in [2.24, 2.45) is 0 Å². The summed E-state index contributed by atoms with van der Waals surface area (Å²) in [4.78, 5) is 0. The van der Waals surface area contributed by atoms with Crippen LogP contribution in [0.4, 0.5) is 5.69 Å². The average Bonchev–Trinajstić information content (AvgIpc) is 2.64. The smallest absolute Gasteiger partial charge is 0.148 e. The topological polar surface area (TPSA) is 21.3 Å². The lowest BCUT2D eigenvalue weighted by Gasteiger charge is -2.13. The van der Waals surface area contributed by atoms with Gasteiger partial charge in [-0.25, -0.2) is 0 Å². The van der Waals surface area contributed by atoms with Gasteiger partial charge in [0.05, 0.1) is 5.76 Å². The summed E-state index contributed by atoms with van der Waals surface area (Å²) in [6, 6.07) is 8.28. The maximum absolute atomic E-state index is 5.27. The Labute approximate surface area is 149 Å². The van der Waals surface area contributed by atoms with Crippen LogP contribution in [0.25, 0.3) is 0 Å². The van der Waals surface area contributed by atoms with E-state index in [1.807, 2.05) is 32.9 Å². The predicted octanol–water partition coefficient (Wildman–Crippen LogP) is 6.47. The Kier molecular flexibility index (Phi) is 16.9. The van der Waals surface area contributed by atoms with E-state index in [1.165, 1.54) is 11.3 Å². The summed E-state index contributed by atoms with van der Waals surface area (Å²) >= 11 is 0. The molecule has 0 atom stereocenters. The number of benzene rings is 1. The number of allylic oxidation sites excluding steroid dienone is 3. The number of anilines is 1. The predicted molar refractivity (Wildman–Crippen MR) is 109 cm³/mol. The van der Waals surface area contributed by atoms with Gasteiger partial charge in [-0.05, 0) is 38.3 Å². The molecular formula is C22H33NO. The quantitative estimate of drug-likeness (QED) is 0.335. The molecule has 0 aliphatic rings. The number of hydrogen-bond donors (Lipinski definition) is 1. The first kappa shape index (κ1) is 23.9. The maximum atomic E-state index is 5.27. The molecule has 0 aromatic heterocycles. The molecule has 1 rings (SSSR count). The number of ether oxygens (including phenoxy) is 1. The lowest BCUT2D eigenvalue weighted by atomic mass is 10.1. The molecule has 0 fully saturated rings. The van der Waals surface area contributed by atoms with Crippen LogP contribution in [0, 0.1) is 19.3 Å². The molecule has 0 spiro atoms. The minimum atomic E-state index is 0.302. The van der Waals surface area contributed by atoms with E-state index >= 15 is 0 Å². The third kappa shape index (κ3) is 11.2. The molecule has 2 heteroatoms. The zero-order chi connectivity index (χ0) is 18.8. The van der Waals surface area contributed by atoms with Gasteiger partial charge in [-0.2, -0.15) is 0 Å². The summed E-state index contributed by atoms with van der Waals surface area (Å²) in [7, 11) is 0. The molecule has 1 N–H and O–H groups in total. The Hall–Kier alpha value is -2.40. The molecule has 0 unspecified atom stereocenters. The fraction of sp³-hybridized carbons (Fsp3) is 0.364. The first-order valence-electron chi connectivity index (χ1n) is 8.39. The van der Waals surface area contributed by atoms with Gasteiger partial charge in [-0.3, -0.25) is 0 Å². The summed E-state index contributed by atoms with van der Waals surface area (Å²) in [6.45, 7) is 18.3. The number of nitrogens with one attached hydrogen (secondary N) is 1. The van der Waals surface area contributed by atoms with Crippen LogP contribution in [0.3, 0.4) is 0 Å². The summed E-state index contributed by atoms with van der Waals surface area (Å²) < 4.78 is 5.27. The highest BCUT2D eigenvalue weighted by molar-refractivity contribution is 5.54. The molecule has 0 aliphatic heterocycles. The summed E-state index contributed by atoms with van der Waals surface area (Å²) in [5, 5.41) is 3.47. The summed E-state index contributed by atoms with van der Waals surface area (Å²) in [5.41, 5.74) is 3.61. The Morgan fingerprint density at radius 3 is 2.42 bits per heavy atom. The minimum Gasteiger partial charge on any atom is -0.486 e. The van der Waals surface area contributed by atoms with Gasteiger partial charge in [-0.1, -0.05) is 50.6 Å². The van der Waals surface area contributed by atoms with Gasteiger partial charge in [0.25, 0.3) is 0 Å². The van der Waals surface area contributed by atoms with Crippen molar-refractivity contribution in [3.63, 3.8) is 0 Å². The highest BCUT2D eigenvalue weighted by Crippen LogP contribution is 2.19. The van der Waals surface area contributed by atoms with E-state index in [9.17, 15) is 0 Å². The van der Waals surface area contributed by atoms with E-state index in [0.717, 1.165) is 30.7 Å². The third-order valence-electron chi connectivity index (χ3n) is 3.05. The molecule has 1 aromatic rings. The van der Waals surface area contributed by atoms with Crippen molar-refractivity contribution in [1.29, 1.82) is 0 Å². The largest absolute Gasteiger partial charge is 0.486 e. The van der Waals surface area contributed by atoms with Gasteiger partial charge in [0, 0.05) is 17.8 Å². The zero-order valence-corrected chi connectivity index (χ0v) is 15.8. The fourth-order valence-corrected chi connectivity index (χ4v) is 1.86. The normalized spacial score (nSPS) is 9.38. The molecule has 0 bridgehead atoms. The number of terminal acetylenes is 1. The van der Waals surface area contributed by atoms with Crippen molar-refractivity contribution in [2.75, 3.05) is 11.9 Å². The number of aryl methyl sites for hydroxylation is 1.